The summed E-state index contributed by atoms with van der Waals surface area (Å²) in [6.45, 7) is 7.16. The fourth-order valence-electron chi connectivity index (χ4n) is 3.67. The second-order valence-electron chi connectivity index (χ2n) is 7.84. The van der Waals surface area contributed by atoms with E-state index in [1.807, 2.05) is 93.6 Å². The first-order valence-corrected chi connectivity index (χ1v) is 10.5. The van der Waals surface area contributed by atoms with Crippen molar-refractivity contribution in [2.45, 2.75) is 33.4 Å². The molecule has 5 nitrogen and oxygen atoms in total. The molecule has 0 spiro atoms. The summed E-state index contributed by atoms with van der Waals surface area (Å²) in [5.41, 5.74) is 4.87. The van der Waals surface area contributed by atoms with Crippen LogP contribution in [0.3, 0.4) is 0 Å². The van der Waals surface area contributed by atoms with Gasteiger partial charge in [0.2, 0.25) is 0 Å². The normalized spacial score (nSPS) is 12.0. The Hall–Kier alpha value is -3.60. The summed E-state index contributed by atoms with van der Waals surface area (Å²) in [5, 5.41) is 3.09. The van der Waals surface area contributed by atoms with E-state index in [1.54, 1.807) is 0 Å². The first-order valence-electron chi connectivity index (χ1n) is 10.5. The van der Waals surface area contributed by atoms with Crippen molar-refractivity contribution in [1.29, 1.82) is 0 Å². The molecule has 0 aliphatic rings. The van der Waals surface area contributed by atoms with Crippen molar-refractivity contribution >= 4 is 16.9 Å². The standard InChI is InChI=1S/C26H27N3O2/c1-18-11-13-21(14-12-18)26(30)27-20(3)25-28-23-9-4-5-10-24(23)29(25)15-16-31-22-8-6-7-19(2)17-22/h4-14,17,20H,15-16H2,1-3H3,(H,27,30). The minimum Gasteiger partial charge on any atom is -0.492 e. The van der Waals surface area contributed by atoms with E-state index in [1.165, 1.54) is 5.56 Å². The average molecular weight is 414 g/mol. The largest absolute Gasteiger partial charge is 0.492 e. The van der Waals surface area contributed by atoms with E-state index in [4.69, 9.17) is 9.72 Å². The van der Waals surface area contributed by atoms with Gasteiger partial charge in [0.25, 0.3) is 5.91 Å². The molecule has 31 heavy (non-hydrogen) atoms. The Kier molecular flexibility index (Phi) is 6.03. The molecule has 0 radical (unpaired) electrons. The van der Waals surface area contributed by atoms with Gasteiger partial charge in [-0.1, -0.05) is 42.0 Å². The summed E-state index contributed by atoms with van der Waals surface area (Å²) in [6, 6.07) is 23.4. The second-order valence-corrected chi connectivity index (χ2v) is 7.84. The highest BCUT2D eigenvalue weighted by Crippen LogP contribution is 2.22. The van der Waals surface area contributed by atoms with Gasteiger partial charge < -0.3 is 14.6 Å². The van der Waals surface area contributed by atoms with Crippen LogP contribution < -0.4 is 10.1 Å². The molecule has 0 aliphatic carbocycles. The lowest BCUT2D eigenvalue weighted by Gasteiger charge is -2.17. The number of carbonyl (C=O) groups excluding carboxylic acids is 1. The minimum atomic E-state index is -0.250. The third-order valence-corrected chi connectivity index (χ3v) is 5.31. The van der Waals surface area contributed by atoms with Gasteiger partial charge in [0.15, 0.2) is 0 Å². The third kappa shape index (κ3) is 4.77. The van der Waals surface area contributed by atoms with E-state index in [0.717, 1.165) is 28.2 Å². The van der Waals surface area contributed by atoms with Crippen molar-refractivity contribution < 1.29 is 9.53 Å². The van der Waals surface area contributed by atoms with E-state index in [2.05, 4.69) is 9.88 Å². The summed E-state index contributed by atoms with van der Waals surface area (Å²) in [4.78, 5) is 17.5. The van der Waals surface area contributed by atoms with Crippen molar-refractivity contribution in [2.75, 3.05) is 6.61 Å². The maximum Gasteiger partial charge on any atom is 0.251 e. The number of ether oxygens (including phenoxy) is 1. The molecule has 0 bridgehead atoms. The zero-order valence-electron chi connectivity index (χ0n) is 18.1. The lowest BCUT2D eigenvalue weighted by molar-refractivity contribution is 0.0937. The Bertz CT molecular complexity index is 1190. The van der Waals surface area contributed by atoms with Gasteiger partial charge in [0.1, 0.15) is 18.2 Å². The van der Waals surface area contributed by atoms with Crippen molar-refractivity contribution in [1.82, 2.24) is 14.9 Å². The molecule has 4 aromatic rings. The van der Waals surface area contributed by atoms with Crippen LogP contribution in [-0.4, -0.2) is 22.1 Å². The Morgan fingerprint density at radius 3 is 2.55 bits per heavy atom. The number of para-hydroxylation sites is 2. The zero-order chi connectivity index (χ0) is 21.8. The highest BCUT2D eigenvalue weighted by atomic mass is 16.5. The fourth-order valence-corrected chi connectivity index (χ4v) is 3.67. The van der Waals surface area contributed by atoms with E-state index >= 15 is 0 Å². The number of aromatic nitrogens is 2. The number of nitrogens with zero attached hydrogens (tertiary/aromatic N) is 2. The van der Waals surface area contributed by atoms with Crippen molar-refractivity contribution in [3.8, 4) is 5.75 Å². The number of rotatable bonds is 7. The molecule has 0 aliphatic heterocycles. The maximum absolute atomic E-state index is 12.7. The maximum atomic E-state index is 12.7. The van der Waals surface area contributed by atoms with Gasteiger partial charge in [0, 0.05) is 5.56 Å². The Labute approximate surface area is 182 Å². The SMILES string of the molecule is Cc1ccc(C(=O)NC(C)c2nc3ccccc3n2CCOc2cccc(C)c2)cc1. The minimum absolute atomic E-state index is 0.109. The fraction of sp³-hybridized carbons (Fsp3) is 0.231. The average Bonchev–Trinajstić information content (AvgIpc) is 3.13. The van der Waals surface area contributed by atoms with Gasteiger partial charge in [-0.25, -0.2) is 4.98 Å². The lowest BCUT2D eigenvalue weighted by Crippen LogP contribution is -2.29. The number of hydrogen-bond acceptors (Lipinski definition) is 3. The molecule has 1 unspecified atom stereocenters. The van der Waals surface area contributed by atoms with Crippen LogP contribution in [0.4, 0.5) is 0 Å². The van der Waals surface area contributed by atoms with Crippen LogP contribution in [0.15, 0.2) is 72.8 Å². The number of imidazole rings is 1. The van der Waals surface area contributed by atoms with Crippen LogP contribution in [0, 0.1) is 13.8 Å². The molecule has 158 valence electrons. The molecule has 0 saturated carbocycles. The zero-order valence-corrected chi connectivity index (χ0v) is 18.1. The number of nitrogens with one attached hydrogen (secondary N) is 1. The topological polar surface area (TPSA) is 56.2 Å². The molecule has 1 amide bonds. The van der Waals surface area contributed by atoms with E-state index in [9.17, 15) is 4.79 Å². The molecule has 0 fully saturated rings. The highest BCUT2D eigenvalue weighted by molar-refractivity contribution is 5.94. The van der Waals surface area contributed by atoms with Gasteiger partial charge in [-0.3, -0.25) is 4.79 Å². The molecule has 1 aromatic heterocycles. The number of carbonyl (C=O) groups is 1. The number of benzene rings is 3. The van der Waals surface area contributed by atoms with Gasteiger partial charge in [-0.15, -0.1) is 0 Å². The van der Waals surface area contributed by atoms with Crippen LogP contribution in [0.1, 0.15) is 40.3 Å². The summed E-state index contributed by atoms with van der Waals surface area (Å²) in [6.07, 6.45) is 0. The third-order valence-electron chi connectivity index (χ3n) is 5.31. The van der Waals surface area contributed by atoms with Crippen LogP contribution in [0.5, 0.6) is 5.75 Å². The highest BCUT2D eigenvalue weighted by Gasteiger charge is 2.19. The van der Waals surface area contributed by atoms with Crippen LogP contribution in [0.25, 0.3) is 11.0 Å². The van der Waals surface area contributed by atoms with Crippen LogP contribution >= 0.6 is 0 Å². The molecule has 1 atom stereocenters. The van der Waals surface area contributed by atoms with Gasteiger partial charge in [-0.05, 0) is 62.7 Å². The van der Waals surface area contributed by atoms with Crippen molar-refractivity contribution in [3.63, 3.8) is 0 Å². The first kappa shape index (κ1) is 20.7. The van der Waals surface area contributed by atoms with Gasteiger partial charge in [-0.2, -0.15) is 0 Å². The Balaban J connectivity index is 1.53. The molecule has 1 heterocycles. The second kappa shape index (κ2) is 9.04. The summed E-state index contributed by atoms with van der Waals surface area (Å²) < 4.78 is 8.10. The Morgan fingerprint density at radius 2 is 1.77 bits per heavy atom. The quantitative estimate of drug-likeness (QED) is 0.452. The lowest BCUT2D eigenvalue weighted by atomic mass is 10.1. The van der Waals surface area contributed by atoms with E-state index in [0.29, 0.717) is 18.7 Å². The number of hydrogen-bond donors (Lipinski definition) is 1. The van der Waals surface area contributed by atoms with Crippen LogP contribution in [0.2, 0.25) is 0 Å². The monoisotopic (exact) mass is 413 g/mol. The van der Waals surface area contributed by atoms with Crippen molar-refractivity contribution in [3.05, 3.63) is 95.3 Å². The smallest absolute Gasteiger partial charge is 0.251 e. The van der Waals surface area contributed by atoms with Crippen LogP contribution in [-0.2, 0) is 6.54 Å². The summed E-state index contributed by atoms with van der Waals surface area (Å²) in [7, 11) is 0. The summed E-state index contributed by atoms with van der Waals surface area (Å²) in [5.74, 6) is 1.56. The van der Waals surface area contributed by atoms with Crippen molar-refractivity contribution in [2.24, 2.45) is 0 Å². The molecular formula is C26H27N3O2. The number of amides is 1. The van der Waals surface area contributed by atoms with Gasteiger partial charge in [0.05, 0.1) is 23.6 Å². The number of fused-ring (bicyclic) bond motifs is 1. The molecule has 0 saturated heterocycles. The molecule has 5 heteroatoms. The van der Waals surface area contributed by atoms with E-state index in [-0.39, 0.29) is 11.9 Å². The predicted octanol–water partition coefficient (Wildman–Crippen LogP) is 5.22. The summed E-state index contributed by atoms with van der Waals surface area (Å²) >= 11 is 0. The molecular weight excluding hydrogens is 386 g/mol. The molecule has 1 N–H and O–H groups in total. The molecule has 4 rings (SSSR count). The predicted molar refractivity (Wildman–Crippen MR) is 123 cm³/mol. The first-order chi connectivity index (χ1) is 15.0. The number of aryl methyl sites for hydroxylation is 2. The van der Waals surface area contributed by atoms with E-state index < -0.39 is 0 Å². The Morgan fingerprint density at radius 1 is 1.00 bits per heavy atom. The molecule has 3 aromatic carbocycles. The van der Waals surface area contributed by atoms with Gasteiger partial charge >= 0.3 is 0 Å².